The molecule has 2 aromatic carbocycles. The number of rotatable bonds is 7. The minimum absolute atomic E-state index is 0.0159. The maximum Gasteiger partial charge on any atom is 0.277 e. The van der Waals surface area contributed by atoms with Crippen LogP contribution in [0.1, 0.15) is 46.7 Å². The van der Waals surface area contributed by atoms with Crippen molar-refractivity contribution in [2.24, 2.45) is 0 Å². The molecular weight excluding hydrogens is 420 g/mol. The molecule has 0 fully saturated rings. The largest absolute Gasteiger partial charge is 0.350 e. The van der Waals surface area contributed by atoms with Gasteiger partial charge in [0.2, 0.25) is 11.8 Å². The van der Waals surface area contributed by atoms with Crippen LogP contribution in [-0.2, 0) is 22.7 Å². The minimum atomic E-state index is -0.478. The highest BCUT2D eigenvalue weighted by molar-refractivity contribution is 6.11. The van der Waals surface area contributed by atoms with Crippen LogP contribution < -0.4 is 10.6 Å². The first-order valence-corrected chi connectivity index (χ1v) is 11.0. The molecule has 1 aliphatic heterocycles. The average Bonchev–Trinajstić information content (AvgIpc) is 3.19. The first-order valence-electron chi connectivity index (χ1n) is 11.0. The van der Waals surface area contributed by atoms with Crippen LogP contribution in [-0.4, -0.2) is 45.7 Å². The third kappa shape index (κ3) is 4.64. The summed E-state index contributed by atoms with van der Waals surface area (Å²) in [6, 6.07) is 16.3. The summed E-state index contributed by atoms with van der Waals surface area (Å²) in [7, 11) is 0. The fourth-order valence-electron chi connectivity index (χ4n) is 3.77. The molecule has 0 saturated heterocycles. The zero-order valence-corrected chi connectivity index (χ0v) is 18.6. The van der Waals surface area contributed by atoms with Gasteiger partial charge in [-0.25, -0.2) is 0 Å². The maximum atomic E-state index is 12.9. The summed E-state index contributed by atoms with van der Waals surface area (Å²) in [4.78, 5) is 51.1. The molecule has 33 heavy (non-hydrogen) atoms. The van der Waals surface area contributed by atoms with Gasteiger partial charge in [0.15, 0.2) is 0 Å². The van der Waals surface area contributed by atoms with E-state index in [4.69, 9.17) is 0 Å². The van der Waals surface area contributed by atoms with Gasteiger partial charge >= 0.3 is 0 Å². The number of amides is 4. The Labute approximate surface area is 191 Å². The fourth-order valence-corrected chi connectivity index (χ4v) is 3.77. The molecule has 8 nitrogen and oxygen atoms in total. The van der Waals surface area contributed by atoms with Crippen LogP contribution in [0, 0.1) is 0 Å². The van der Waals surface area contributed by atoms with Crippen LogP contribution in [0.15, 0.2) is 54.6 Å². The molecule has 0 saturated carbocycles. The molecule has 0 bridgehead atoms. The van der Waals surface area contributed by atoms with Crippen LogP contribution in [0.5, 0.6) is 0 Å². The standard InChI is InChI=1S/C25H26N4O4/c1-3-16(2)27-24(32)18-10-8-17(9-11-18)13-26-22(30)14-29-23(31)15-28-20-7-5-4-6-19(20)12-21(28)25(29)33/h4-12,16H,3,13-15H2,1-2H3,(H,26,30)(H,27,32)/t16-/m0/s1. The second-order valence-electron chi connectivity index (χ2n) is 8.22. The summed E-state index contributed by atoms with van der Waals surface area (Å²) >= 11 is 0. The highest BCUT2D eigenvalue weighted by atomic mass is 16.2. The molecule has 2 heterocycles. The number of benzene rings is 2. The van der Waals surface area contributed by atoms with E-state index < -0.39 is 17.7 Å². The van der Waals surface area contributed by atoms with Gasteiger partial charge in [0.05, 0.1) is 0 Å². The molecule has 0 spiro atoms. The van der Waals surface area contributed by atoms with E-state index in [9.17, 15) is 19.2 Å². The average molecular weight is 447 g/mol. The lowest BCUT2D eigenvalue weighted by Gasteiger charge is -2.26. The van der Waals surface area contributed by atoms with Gasteiger partial charge in [0.25, 0.3) is 11.8 Å². The lowest BCUT2D eigenvalue weighted by Crippen LogP contribution is -2.49. The first kappa shape index (κ1) is 22.3. The molecule has 0 unspecified atom stereocenters. The van der Waals surface area contributed by atoms with Crippen molar-refractivity contribution < 1.29 is 19.2 Å². The quantitative estimate of drug-likeness (QED) is 0.545. The number of para-hydroxylation sites is 1. The molecule has 8 heteroatoms. The smallest absolute Gasteiger partial charge is 0.277 e. The van der Waals surface area contributed by atoms with Gasteiger partial charge in [-0.15, -0.1) is 0 Å². The number of hydrogen-bond donors (Lipinski definition) is 2. The van der Waals surface area contributed by atoms with E-state index in [2.05, 4.69) is 10.6 Å². The number of nitrogens with zero attached hydrogens (tertiary/aromatic N) is 2. The summed E-state index contributed by atoms with van der Waals surface area (Å²) in [5, 5.41) is 6.52. The number of fused-ring (bicyclic) bond motifs is 3. The molecule has 1 aromatic heterocycles. The monoisotopic (exact) mass is 446 g/mol. The molecule has 170 valence electrons. The van der Waals surface area contributed by atoms with Crippen molar-refractivity contribution in [2.75, 3.05) is 6.54 Å². The molecule has 1 aliphatic rings. The Hall–Kier alpha value is -3.94. The summed E-state index contributed by atoms with van der Waals surface area (Å²) in [6.07, 6.45) is 0.847. The third-order valence-corrected chi connectivity index (χ3v) is 5.87. The zero-order chi connectivity index (χ0) is 23.5. The lowest BCUT2D eigenvalue weighted by atomic mass is 10.1. The molecule has 0 aliphatic carbocycles. The molecular formula is C25H26N4O4. The second-order valence-corrected chi connectivity index (χ2v) is 8.22. The van der Waals surface area contributed by atoms with Crippen LogP contribution in [0.25, 0.3) is 10.9 Å². The van der Waals surface area contributed by atoms with Gasteiger partial charge in [-0.2, -0.15) is 0 Å². The Bertz CT molecular complexity index is 1230. The van der Waals surface area contributed by atoms with Gasteiger partial charge in [-0.3, -0.25) is 24.1 Å². The van der Waals surface area contributed by atoms with Gasteiger partial charge in [0.1, 0.15) is 18.8 Å². The van der Waals surface area contributed by atoms with Crippen molar-refractivity contribution in [3.8, 4) is 0 Å². The number of carbonyl (C=O) groups excluding carboxylic acids is 4. The summed E-state index contributed by atoms with van der Waals surface area (Å²) in [6.45, 7) is 3.85. The first-order chi connectivity index (χ1) is 15.9. The summed E-state index contributed by atoms with van der Waals surface area (Å²) < 4.78 is 1.69. The molecule has 2 N–H and O–H groups in total. The predicted molar refractivity (Wildman–Crippen MR) is 123 cm³/mol. The van der Waals surface area contributed by atoms with Crippen molar-refractivity contribution in [3.63, 3.8) is 0 Å². The third-order valence-electron chi connectivity index (χ3n) is 5.87. The Morgan fingerprint density at radius 3 is 2.52 bits per heavy atom. The number of aromatic nitrogens is 1. The van der Waals surface area contributed by atoms with Crippen LogP contribution in [0.2, 0.25) is 0 Å². The molecule has 0 radical (unpaired) electrons. The topological polar surface area (TPSA) is 101 Å². The van der Waals surface area contributed by atoms with Crippen molar-refractivity contribution in [2.45, 2.75) is 39.4 Å². The summed E-state index contributed by atoms with van der Waals surface area (Å²) in [5.41, 5.74) is 2.57. The van der Waals surface area contributed by atoms with Crippen LogP contribution in [0.3, 0.4) is 0 Å². The number of imide groups is 1. The van der Waals surface area contributed by atoms with Gasteiger partial charge < -0.3 is 15.2 Å². The zero-order valence-electron chi connectivity index (χ0n) is 18.6. The number of hydrogen-bond acceptors (Lipinski definition) is 4. The van der Waals surface area contributed by atoms with E-state index in [0.29, 0.717) is 11.3 Å². The summed E-state index contributed by atoms with van der Waals surface area (Å²) in [5.74, 6) is -1.46. The van der Waals surface area contributed by atoms with Crippen molar-refractivity contribution in [1.29, 1.82) is 0 Å². The van der Waals surface area contributed by atoms with Gasteiger partial charge in [0, 0.05) is 29.1 Å². The Kier molecular flexibility index (Phi) is 6.26. The normalized spacial score (nSPS) is 14.2. The van der Waals surface area contributed by atoms with Crippen LogP contribution in [0.4, 0.5) is 0 Å². The van der Waals surface area contributed by atoms with E-state index in [-0.39, 0.29) is 31.6 Å². The number of nitrogens with one attached hydrogen (secondary N) is 2. The van der Waals surface area contributed by atoms with Crippen molar-refractivity contribution in [3.05, 3.63) is 71.4 Å². The highest BCUT2D eigenvalue weighted by Crippen LogP contribution is 2.24. The maximum absolute atomic E-state index is 12.9. The van der Waals surface area contributed by atoms with Crippen molar-refractivity contribution >= 4 is 34.5 Å². The van der Waals surface area contributed by atoms with E-state index in [1.165, 1.54) is 0 Å². The Balaban J connectivity index is 1.36. The minimum Gasteiger partial charge on any atom is -0.350 e. The predicted octanol–water partition coefficient (Wildman–Crippen LogP) is 2.47. The van der Waals surface area contributed by atoms with Gasteiger partial charge in [-0.1, -0.05) is 37.3 Å². The van der Waals surface area contributed by atoms with Gasteiger partial charge in [-0.05, 0) is 43.2 Å². The number of carbonyl (C=O) groups is 4. The van der Waals surface area contributed by atoms with E-state index >= 15 is 0 Å². The fraction of sp³-hybridized carbons (Fsp3) is 0.280. The lowest BCUT2D eigenvalue weighted by molar-refractivity contribution is -0.134. The Morgan fingerprint density at radius 1 is 1.06 bits per heavy atom. The SMILES string of the molecule is CC[C@H](C)NC(=O)c1ccc(CNC(=O)CN2C(=O)Cn3c(cc4ccccc43)C2=O)cc1. The molecule has 3 aromatic rings. The van der Waals surface area contributed by atoms with E-state index in [1.807, 2.05) is 38.1 Å². The van der Waals surface area contributed by atoms with Crippen molar-refractivity contribution in [1.82, 2.24) is 20.1 Å². The molecule has 1 atom stereocenters. The van der Waals surface area contributed by atoms with Crippen LogP contribution >= 0.6 is 0 Å². The molecule has 4 rings (SSSR count). The van der Waals surface area contributed by atoms with E-state index in [0.717, 1.165) is 27.8 Å². The Morgan fingerprint density at radius 2 is 1.79 bits per heavy atom. The highest BCUT2D eigenvalue weighted by Gasteiger charge is 2.33. The molecule has 4 amide bonds. The van der Waals surface area contributed by atoms with E-state index in [1.54, 1.807) is 34.9 Å². The second kappa shape index (κ2) is 9.28.